The number of benzene rings is 2. The minimum absolute atomic E-state index is 0.0192. The van der Waals surface area contributed by atoms with Crippen LogP contribution in [0.2, 0.25) is 0 Å². The number of hydrogen-bond acceptors (Lipinski definition) is 4. The van der Waals surface area contributed by atoms with Crippen LogP contribution in [0.15, 0.2) is 54.6 Å². The molecule has 1 fully saturated rings. The quantitative estimate of drug-likeness (QED) is 0.682. The molecule has 1 atom stereocenters. The van der Waals surface area contributed by atoms with Crippen LogP contribution in [-0.4, -0.2) is 28.1 Å². The molecule has 1 saturated heterocycles. The van der Waals surface area contributed by atoms with Crippen molar-refractivity contribution in [3.63, 3.8) is 0 Å². The van der Waals surface area contributed by atoms with Crippen LogP contribution in [0.25, 0.3) is 5.69 Å². The van der Waals surface area contributed by atoms with Gasteiger partial charge in [-0.15, -0.1) is 15.0 Å². The Labute approximate surface area is 159 Å². The van der Waals surface area contributed by atoms with Crippen molar-refractivity contribution < 1.29 is 13.2 Å². The van der Waals surface area contributed by atoms with Crippen molar-refractivity contribution in [2.75, 3.05) is 18.0 Å². The summed E-state index contributed by atoms with van der Waals surface area (Å²) in [6.07, 6.45) is -3.66. The van der Waals surface area contributed by atoms with E-state index in [1.165, 1.54) is 23.8 Å². The molecule has 8 heteroatoms. The largest absolute Gasteiger partial charge is 0.418 e. The van der Waals surface area contributed by atoms with Crippen molar-refractivity contribution in [2.24, 2.45) is 0 Å². The van der Waals surface area contributed by atoms with E-state index in [0.29, 0.717) is 18.9 Å². The molecule has 0 N–H and O–H groups in total. The molecule has 142 valence electrons. The zero-order valence-corrected chi connectivity index (χ0v) is 14.8. The van der Waals surface area contributed by atoms with Gasteiger partial charge in [0.05, 0.1) is 11.3 Å². The Balaban J connectivity index is 1.67. The summed E-state index contributed by atoms with van der Waals surface area (Å²) in [5, 5.41) is 17.7. The summed E-state index contributed by atoms with van der Waals surface area (Å²) < 4.78 is 40.0. The SMILES string of the molecule is N#Cc1nn(-c2ccccc2C(F)(F)F)nc1N1CCC(c2ccccc2)C1. The first kappa shape index (κ1) is 18.0. The van der Waals surface area contributed by atoms with Gasteiger partial charge in [-0.3, -0.25) is 0 Å². The molecule has 0 amide bonds. The van der Waals surface area contributed by atoms with E-state index in [1.54, 1.807) is 0 Å². The zero-order valence-electron chi connectivity index (χ0n) is 14.8. The fourth-order valence-corrected chi connectivity index (χ4v) is 3.53. The van der Waals surface area contributed by atoms with E-state index < -0.39 is 11.7 Å². The van der Waals surface area contributed by atoms with Crippen LogP contribution in [0.4, 0.5) is 19.0 Å². The Morgan fingerprint density at radius 1 is 1.00 bits per heavy atom. The van der Waals surface area contributed by atoms with Gasteiger partial charge in [-0.25, -0.2) is 0 Å². The van der Waals surface area contributed by atoms with Crippen molar-refractivity contribution >= 4 is 5.82 Å². The second-order valence-electron chi connectivity index (χ2n) is 6.63. The molecule has 2 heterocycles. The number of hydrogen-bond donors (Lipinski definition) is 0. The van der Waals surface area contributed by atoms with Gasteiger partial charge < -0.3 is 4.90 Å². The molecule has 1 aliphatic heterocycles. The van der Waals surface area contributed by atoms with Gasteiger partial charge in [0.15, 0.2) is 5.82 Å². The fraction of sp³-hybridized carbons (Fsp3) is 0.250. The molecule has 28 heavy (non-hydrogen) atoms. The van der Waals surface area contributed by atoms with Gasteiger partial charge in [-0.05, 0) is 24.1 Å². The Morgan fingerprint density at radius 3 is 2.43 bits per heavy atom. The lowest BCUT2D eigenvalue weighted by Gasteiger charge is -2.15. The van der Waals surface area contributed by atoms with Gasteiger partial charge in [0.25, 0.3) is 0 Å². The molecule has 0 radical (unpaired) electrons. The average molecular weight is 383 g/mol. The third-order valence-corrected chi connectivity index (χ3v) is 4.89. The van der Waals surface area contributed by atoms with Crippen molar-refractivity contribution in [1.29, 1.82) is 5.26 Å². The van der Waals surface area contributed by atoms with Crippen LogP contribution >= 0.6 is 0 Å². The summed E-state index contributed by atoms with van der Waals surface area (Å²) in [4.78, 5) is 2.82. The second-order valence-corrected chi connectivity index (χ2v) is 6.63. The molecular weight excluding hydrogens is 367 g/mol. The lowest BCUT2D eigenvalue weighted by atomic mass is 9.99. The molecule has 5 nitrogen and oxygen atoms in total. The Kier molecular flexibility index (Phi) is 4.51. The third-order valence-electron chi connectivity index (χ3n) is 4.89. The predicted molar refractivity (Wildman–Crippen MR) is 97.1 cm³/mol. The summed E-state index contributed by atoms with van der Waals surface area (Å²) in [5.74, 6) is 0.596. The summed E-state index contributed by atoms with van der Waals surface area (Å²) in [7, 11) is 0. The molecular formula is C20H16F3N5. The number of para-hydroxylation sites is 1. The minimum atomic E-state index is -4.54. The first-order valence-electron chi connectivity index (χ1n) is 8.81. The van der Waals surface area contributed by atoms with Crippen LogP contribution in [0.1, 0.15) is 29.2 Å². The first-order valence-corrected chi connectivity index (χ1v) is 8.81. The lowest BCUT2D eigenvalue weighted by Crippen LogP contribution is -2.21. The molecule has 1 aliphatic rings. The van der Waals surface area contributed by atoms with E-state index in [0.717, 1.165) is 17.3 Å². The average Bonchev–Trinajstić information content (AvgIpc) is 3.35. The number of anilines is 1. The molecule has 0 bridgehead atoms. The normalized spacial score (nSPS) is 16.9. The molecule has 0 saturated carbocycles. The highest BCUT2D eigenvalue weighted by molar-refractivity contribution is 5.52. The maximum absolute atomic E-state index is 13.3. The maximum atomic E-state index is 13.3. The third kappa shape index (κ3) is 3.31. The predicted octanol–water partition coefficient (Wildman–Crippen LogP) is 4.15. The Bertz CT molecular complexity index is 1020. The van der Waals surface area contributed by atoms with E-state index in [-0.39, 0.29) is 17.3 Å². The molecule has 0 spiro atoms. The standard InChI is InChI=1S/C20H16F3N5/c21-20(22,23)16-8-4-5-9-18(16)28-25-17(12-24)19(26-28)27-11-10-15(13-27)14-6-2-1-3-7-14/h1-9,15H,10-11,13H2. The van der Waals surface area contributed by atoms with Crippen LogP contribution in [0, 0.1) is 11.3 Å². The number of nitrogens with zero attached hydrogens (tertiary/aromatic N) is 5. The monoisotopic (exact) mass is 383 g/mol. The highest BCUT2D eigenvalue weighted by Crippen LogP contribution is 2.35. The van der Waals surface area contributed by atoms with Gasteiger partial charge in [0.2, 0.25) is 5.69 Å². The van der Waals surface area contributed by atoms with Crippen LogP contribution in [0.5, 0.6) is 0 Å². The van der Waals surface area contributed by atoms with Crippen LogP contribution < -0.4 is 4.90 Å². The summed E-state index contributed by atoms with van der Waals surface area (Å²) >= 11 is 0. The van der Waals surface area contributed by atoms with E-state index in [4.69, 9.17) is 0 Å². The van der Waals surface area contributed by atoms with Crippen molar-refractivity contribution in [3.8, 4) is 11.8 Å². The van der Waals surface area contributed by atoms with Crippen LogP contribution in [-0.2, 0) is 6.18 Å². The summed E-state index contributed by atoms with van der Waals surface area (Å²) in [5.41, 5.74) is 0.171. The highest BCUT2D eigenvalue weighted by atomic mass is 19.4. The van der Waals surface area contributed by atoms with Gasteiger partial charge >= 0.3 is 6.18 Å². The van der Waals surface area contributed by atoms with Crippen molar-refractivity contribution in [2.45, 2.75) is 18.5 Å². The number of halogens is 3. The molecule has 3 aromatic rings. The van der Waals surface area contributed by atoms with Crippen molar-refractivity contribution in [1.82, 2.24) is 15.0 Å². The van der Waals surface area contributed by atoms with Crippen LogP contribution in [0.3, 0.4) is 0 Å². The Morgan fingerprint density at radius 2 is 1.71 bits per heavy atom. The smallest absolute Gasteiger partial charge is 0.352 e. The molecule has 2 aromatic carbocycles. The topological polar surface area (TPSA) is 57.7 Å². The molecule has 0 aliphatic carbocycles. The fourth-order valence-electron chi connectivity index (χ4n) is 3.53. The van der Waals surface area contributed by atoms with E-state index >= 15 is 0 Å². The highest BCUT2D eigenvalue weighted by Gasteiger charge is 2.35. The first-order chi connectivity index (χ1) is 13.5. The molecule has 1 unspecified atom stereocenters. The Hall–Kier alpha value is -3.34. The number of aromatic nitrogens is 3. The van der Waals surface area contributed by atoms with Gasteiger partial charge in [0.1, 0.15) is 6.07 Å². The number of nitriles is 1. The van der Waals surface area contributed by atoms with Crippen molar-refractivity contribution in [3.05, 3.63) is 71.4 Å². The van der Waals surface area contributed by atoms with E-state index in [9.17, 15) is 18.4 Å². The molecule has 4 rings (SSSR count). The van der Waals surface area contributed by atoms with Gasteiger partial charge in [0, 0.05) is 19.0 Å². The van der Waals surface area contributed by atoms with E-state index in [1.807, 2.05) is 29.2 Å². The number of alkyl halides is 3. The lowest BCUT2D eigenvalue weighted by molar-refractivity contribution is -0.137. The summed E-state index contributed by atoms with van der Waals surface area (Å²) in [6, 6.07) is 17.0. The van der Waals surface area contributed by atoms with Gasteiger partial charge in [-0.2, -0.15) is 18.4 Å². The van der Waals surface area contributed by atoms with Gasteiger partial charge in [-0.1, -0.05) is 42.5 Å². The molecule has 1 aromatic heterocycles. The summed E-state index contributed by atoms with van der Waals surface area (Å²) in [6.45, 7) is 1.30. The second kappa shape index (κ2) is 7.00. The maximum Gasteiger partial charge on any atom is 0.418 e. The zero-order chi connectivity index (χ0) is 19.7. The van der Waals surface area contributed by atoms with E-state index in [2.05, 4.69) is 22.3 Å². The minimum Gasteiger partial charge on any atom is -0.352 e. The number of rotatable bonds is 3.